The monoisotopic (exact) mass is 510 g/mol. The van der Waals surface area contributed by atoms with Crippen LogP contribution in [0.15, 0.2) is 84.4 Å². The second kappa shape index (κ2) is 13.0. The normalized spacial score (nSPS) is 17.9. The molecule has 1 fully saturated rings. The molecule has 5 heteroatoms. The minimum Gasteiger partial charge on any atom is -0.353 e. The van der Waals surface area contributed by atoms with Gasteiger partial charge in [-0.25, -0.2) is 0 Å². The highest BCUT2D eigenvalue weighted by molar-refractivity contribution is 6.02. The van der Waals surface area contributed by atoms with Gasteiger partial charge in [-0.2, -0.15) is 0 Å². The highest BCUT2D eigenvalue weighted by Gasteiger charge is 2.24. The van der Waals surface area contributed by atoms with Gasteiger partial charge in [0.15, 0.2) is 6.29 Å². The predicted octanol–water partition coefficient (Wildman–Crippen LogP) is 6.19. The summed E-state index contributed by atoms with van der Waals surface area (Å²) in [6.07, 6.45) is 3.96. The maximum atomic E-state index is 13.9. The van der Waals surface area contributed by atoms with Gasteiger partial charge in [-0.15, -0.1) is 0 Å². The Morgan fingerprint density at radius 3 is 2.55 bits per heavy atom. The molecular weight excluding hydrogens is 472 g/mol. The fraction of sp³-hybridized carbons (Fsp3) is 0.364. The summed E-state index contributed by atoms with van der Waals surface area (Å²) in [6, 6.07) is 27.4. The summed E-state index contributed by atoms with van der Waals surface area (Å²) in [4.78, 5) is 15.8. The lowest BCUT2D eigenvalue weighted by Gasteiger charge is -2.28. The van der Waals surface area contributed by atoms with Crippen LogP contribution in [0.25, 0.3) is 16.7 Å². The van der Waals surface area contributed by atoms with E-state index < -0.39 is 0 Å². The van der Waals surface area contributed by atoms with E-state index in [2.05, 4.69) is 85.0 Å². The average Bonchev–Trinajstić information content (AvgIpc) is 3.00. The van der Waals surface area contributed by atoms with Gasteiger partial charge in [0.05, 0.1) is 6.61 Å². The molecule has 38 heavy (non-hydrogen) atoms. The molecule has 2 aliphatic rings. The van der Waals surface area contributed by atoms with E-state index in [1.165, 1.54) is 11.1 Å². The van der Waals surface area contributed by atoms with Crippen LogP contribution in [0.2, 0.25) is 0 Å². The standard InChI is InChI=1S/C33H38N2O3/c1-2-35(23-25-10-8-11-26(20-25)24-38-32-16-6-7-19-37-32)33(36)31-22-34-18-17-30(31)29-15-9-14-28(21-29)27-12-4-3-5-13-27/h3-5,8-15,20-21,32,34H,2,6-7,16-19,22-24H2,1H3. The lowest BCUT2D eigenvalue weighted by molar-refractivity contribution is -0.168. The fourth-order valence-electron chi connectivity index (χ4n) is 5.31. The lowest BCUT2D eigenvalue weighted by Crippen LogP contribution is -2.37. The van der Waals surface area contributed by atoms with Gasteiger partial charge in [0.1, 0.15) is 0 Å². The van der Waals surface area contributed by atoms with Crippen molar-refractivity contribution in [1.29, 1.82) is 0 Å². The molecule has 5 nitrogen and oxygen atoms in total. The van der Waals surface area contributed by atoms with Crippen LogP contribution in [0.4, 0.5) is 0 Å². The Kier molecular flexibility index (Phi) is 9.02. The van der Waals surface area contributed by atoms with Gasteiger partial charge in [0.2, 0.25) is 0 Å². The number of ether oxygens (including phenoxy) is 2. The minimum absolute atomic E-state index is 0.106. The van der Waals surface area contributed by atoms with Crippen LogP contribution in [0.5, 0.6) is 0 Å². The second-order valence-corrected chi connectivity index (χ2v) is 10.1. The van der Waals surface area contributed by atoms with E-state index >= 15 is 0 Å². The van der Waals surface area contributed by atoms with E-state index in [1.807, 2.05) is 11.0 Å². The van der Waals surface area contributed by atoms with Gasteiger partial charge < -0.3 is 19.7 Å². The second-order valence-electron chi connectivity index (χ2n) is 10.1. The molecular formula is C33H38N2O3. The third-order valence-corrected chi connectivity index (χ3v) is 7.40. The smallest absolute Gasteiger partial charge is 0.251 e. The highest BCUT2D eigenvalue weighted by atomic mass is 16.7. The van der Waals surface area contributed by atoms with Crippen molar-refractivity contribution in [3.63, 3.8) is 0 Å². The van der Waals surface area contributed by atoms with E-state index in [0.29, 0.717) is 26.2 Å². The Balaban J connectivity index is 1.33. The third-order valence-electron chi connectivity index (χ3n) is 7.40. The molecule has 1 atom stereocenters. The first-order valence-electron chi connectivity index (χ1n) is 13.9. The van der Waals surface area contributed by atoms with Crippen LogP contribution in [-0.4, -0.2) is 43.3 Å². The topological polar surface area (TPSA) is 50.8 Å². The van der Waals surface area contributed by atoms with Gasteiger partial charge >= 0.3 is 0 Å². The van der Waals surface area contributed by atoms with E-state index in [1.54, 1.807) is 0 Å². The van der Waals surface area contributed by atoms with Crippen molar-refractivity contribution in [2.45, 2.75) is 52.0 Å². The first-order valence-corrected chi connectivity index (χ1v) is 13.9. The molecule has 0 saturated carbocycles. The summed E-state index contributed by atoms with van der Waals surface area (Å²) in [5.74, 6) is 0.108. The van der Waals surface area contributed by atoms with E-state index in [-0.39, 0.29) is 12.2 Å². The lowest BCUT2D eigenvalue weighted by atomic mass is 9.91. The van der Waals surface area contributed by atoms with E-state index in [9.17, 15) is 4.79 Å². The van der Waals surface area contributed by atoms with Gasteiger partial charge in [-0.05, 0) is 78.6 Å². The highest BCUT2D eigenvalue weighted by Crippen LogP contribution is 2.30. The molecule has 2 heterocycles. The molecule has 1 saturated heterocycles. The molecule has 198 valence electrons. The molecule has 3 aromatic rings. The first-order chi connectivity index (χ1) is 18.7. The van der Waals surface area contributed by atoms with Crippen LogP contribution in [0.3, 0.4) is 0 Å². The number of carbonyl (C=O) groups excluding carboxylic acids is 1. The number of rotatable bonds is 9. The number of likely N-dealkylation sites (N-methyl/N-ethyl adjacent to an activating group) is 1. The Morgan fingerprint density at radius 2 is 1.74 bits per heavy atom. The summed E-state index contributed by atoms with van der Waals surface area (Å²) < 4.78 is 11.7. The number of hydrogen-bond acceptors (Lipinski definition) is 4. The Morgan fingerprint density at radius 1 is 0.947 bits per heavy atom. The van der Waals surface area contributed by atoms with Crippen LogP contribution in [-0.2, 0) is 27.4 Å². The van der Waals surface area contributed by atoms with Crippen molar-refractivity contribution in [2.75, 3.05) is 26.2 Å². The van der Waals surface area contributed by atoms with E-state index in [0.717, 1.165) is 66.7 Å². The summed E-state index contributed by atoms with van der Waals surface area (Å²) in [5, 5.41) is 3.43. The largest absolute Gasteiger partial charge is 0.353 e. The number of hydrogen-bond donors (Lipinski definition) is 1. The average molecular weight is 511 g/mol. The van der Waals surface area contributed by atoms with Crippen LogP contribution >= 0.6 is 0 Å². The van der Waals surface area contributed by atoms with E-state index in [4.69, 9.17) is 9.47 Å². The molecule has 1 unspecified atom stereocenters. The van der Waals surface area contributed by atoms with Crippen LogP contribution in [0, 0.1) is 0 Å². The zero-order valence-corrected chi connectivity index (χ0v) is 22.3. The zero-order valence-electron chi connectivity index (χ0n) is 22.3. The van der Waals surface area contributed by atoms with Crippen LogP contribution in [0.1, 0.15) is 49.3 Å². The van der Waals surface area contributed by atoms with Crippen molar-refractivity contribution in [3.05, 3.63) is 101 Å². The maximum absolute atomic E-state index is 13.9. The molecule has 0 spiro atoms. The van der Waals surface area contributed by atoms with Gasteiger partial charge in [0, 0.05) is 31.8 Å². The van der Waals surface area contributed by atoms with Crippen molar-refractivity contribution in [2.24, 2.45) is 0 Å². The molecule has 0 aromatic heterocycles. The maximum Gasteiger partial charge on any atom is 0.251 e. The number of benzene rings is 3. The molecule has 0 aliphatic carbocycles. The molecule has 0 radical (unpaired) electrons. The van der Waals surface area contributed by atoms with Crippen molar-refractivity contribution in [1.82, 2.24) is 10.2 Å². The summed E-state index contributed by atoms with van der Waals surface area (Å²) in [7, 11) is 0. The molecule has 3 aromatic carbocycles. The van der Waals surface area contributed by atoms with Crippen LogP contribution < -0.4 is 5.32 Å². The van der Waals surface area contributed by atoms with Crippen molar-refractivity contribution < 1.29 is 14.3 Å². The van der Waals surface area contributed by atoms with Crippen molar-refractivity contribution in [3.8, 4) is 11.1 Å². The Bertz CT molecular complexity index is 1250. The van der Waals surface area contributed by atoms with Crippen molar-refractivity contribution >= 4 is 11.5 Å². The molecule has 5 rings (SSSR count). The number of nitrogens with zero attached hydrogens (tertiary/aromatic N) is 1. The number of amides is 1. The predicted molar refractivity (Wildman–Crippen MR) is 152 cm³/mol. The van der Waals surface area contributed by atoms with Gasteiger partial charge in [0.25, 0.3) is 5.91 Å². The quantitative estimate of drug-likeness (QED) is 0.373. The Hall–Kier alpha value is -3.25. The third kappa shape index (κ3) is 6.60. The molecule has 0 bridgehead atoms. The SMILES string of the molecule is CCN(Cc1cccc(COC2CCCCO2)c1)C(=O)C1=C(c2cccc(-c3ccccc3)c2)CCNC1. The van der Waals surface area contributed by atoms with Gasteiger partial charge in [-0.1, -0.05) is 72.8 Å². The molecule has 2 aliphatic heterocycles. The Labute approximate surface area is 226 Å². The minimum atomic E-state index is -0.106. The zero-order chi connectivity index (χ0) is 26.2. The molecule has 1 N–H and O–H groups in total. The summed E-state index contributed by atoms with van der Waals surface area (Å²) in [6.45, 7) is 6.05. The fourth-order valence-corrected chi connectivity index (χ4v) is 5.31. The number of carbonyl (C=O) groups is 1. The summed E-state index contributed by atoms with van der Waals surface area (Å²) in [5.41, 5.74) is 7.74. The first kappa shape index (κ1) is 26.4. The molecule has 1 amide bonds. The number of nitrogens with one attached hydrogen (secondary N) is 1. The summed E-state index contributed by atoms with van der Waals surface area (Å²) >= 11 is 0. The van der Waals surface area contributed by atoms with Gasteiger partial charge in [-0.3, -0.25) is 4.79 Å².